The molecule has 0 bridgehead atoms. The van der Waals surface area contributed by atoms with E-state index in [2.05, 4.69) is 5.32 Å². The summed E-state index contributed by atoms with van der Waals surface area (Å²) in [6, 6.07) is 18.7. The summed E-state index contributed by atoms with van der Waals surface area (Å²) in [5, 5.41) is 3.64. The Hall–Kier alpha value is -3.07. The van der Waals surface area contributed by atoms with Gasteiger partial charge in [-0.2, -0.15) is 0 Å². The molecule has 7 nitrogen and oxygen atoms in total. The van der Waals surface area contributed by atoms with Gasteiger partial charge >= 0.3 is 0 Å². The number of halogens is 2. The van der Waals surface area contributed by atoms with E-state index in [1.54, 1.807) is 61.5 Å². The molecular formula is C29H33Cl2N3O4S. The molecule has 1 N–H and O–H groups in total. The first-order chi connectivity index (χ1) is 18.2. The van der Waals surface area contributed by atoms with Gasteiger partial charge in [0.2, 0.25) is 11.8 Å². The van der Waals surface area contributed by atoms with Crippen molar-refractivity contribution in [2.75, 3.05) is 10.8 Å². The van der Waals surface area contributed by atoms with Crippen molar-refractivity contribution in [2.24, 2.45) is 0 Å². The van der Waals surface area contributed by atoms with E-state index in [9.17, 15) is 18.0 Å². The van der Waals surface area contributed by atoms with Crippen molar-refractivity contribution in [3.05, 3.63) is 94.0 Å². The maximum atomic E-state index is 13.9. The second-order valence-corrected chi connectivity index (χ2v) is 13.0. The summed E-state index contributed by atoms with van der Waals surface area (Å²) in [6.45, 7) is 8.42. The van der Waals surface area contributed by atoms with E-state index in [1.165, 1.54) is 23.1 Å². The molecule has 3 aromatic rings. The van der Waals surface area contributed by atoms with Crippen LogP contribution in [0.25, 0.3) is 0 Å². The Labute approximate surface area is 240 Å². The number of amides is 2. The minimum atomic E-state index is -4.17. The van der Waals surface area contributed by atoms with Crippen LogP contribution in [0, 0.1) is 6.92 Å². The van der Waals surface area contributed by atoms with Crippen molar-refractivity contribution in [3.8, 4) is 0 Å². The molecule has 2 amide bonds. The molecule has 10 heteroatoms. The Bertz CT molecular complexity index is 1440. The molecular weight excluding hydrogens is 557 g/mol. The van der Waals surface area contributed by atoms with Gasteiger partial charge in [-0.05, 0) is 76.6 Å². The first-order valence-corrected chi connectivity index (χ1v) is 14.6. The Kier molecular flexibility index (Phi) is 9.69. The van der Waals surface area contributed by atoms with Gasteiger partial charge in [0.15, 0.2) is 0 Å². The van der Waals surface area contributed by atoms with Gasteiger partial charge in [-0.1, -0.05) is 65.2 Å². The van der Waals surface area contributed by atoms with Crippen molar-refractivity contribution in [1.29, 1.82) is 0 Å². The summed E-state index contributed by atoms with van der Waals surface area (Å²) < 4.78 is 28.7. The smallest absolute Gasteiger partial charge is 0.264 e. The minimum absolute atomic E-state index is 0.00516. The maximum Gasteiger partial charge on any atom is 0.264 e. The predicted octanol–water partition coefficient (Wildman–Crippen LogP) is 5.83. The van der Waals surface area contributed by atoms with Crippen LogP contribution in [-0.4, -0.2) is 43.3 Å². The van der Waals surface area contributed by atoms with Crippen molar-refractivity contribution in [3.63, 3.8) is 0 Å². The van der Waals surface area contributed by atoms with Crippen molar-refractivity contribution in [2.45, 2.75) is 57.6 Å². The van der Waals surface area contributed by atoms with Gasteiger partial charge in [0.1, 0.15) is 12.6 Å². The average molecular weight is 591 g/mol. The van der Waals surface area contributed by atoms with Crippen LogP contribution in [0.3, 0.4) is 0 Å². The third kappa shape index (κ3) is 7.97. The number of benzene rings is 3. The van der Waals surface area contributed by atoms with Gasteiger partial charge in [-0.15, -0.1) is 0 Å². The van der Waals surface area contributed by atoms with Gasteiger partial charge in [0.25, 0.3) is 10.0 Å². The third-order valence-corrected chi connectivity index (χ3v) is 8.34. The number of rotatable bonds is 9. The normalized spacial score (nSPS) is 12.5. The number of aryl methyl sites for hydroxylation is 1. The quantitative estimate of drug-likeness (QED) is 0.340. The average Bonchev–Trinajstić information content (AvgIpc) is 2.85. The van der Waals surface area contributed by atoms with E-state index < -0.39 is 34.1 Å². The number of anilines is 1. The van der Waals surface area contributed by atoms with Gasteiger partial charge in [-0.25, -0.2) is 8.42 Å². The summed E-state index contributed by atoms with van der Waals surface area (Å²) >= 11 is 12.6. The number of carbonyl (C=O) groups excluding carboxylic acids is 2. The molecule has 0 unspecified atom stereocenters. The molecule has 0 spiro atoms. The molecule has 3 aromatic carbocycles. The fourth-order valence-electron chi connectivity index (χ4n) is 3.86. The summed E-state index contributed by atoms with van der Waals surface area (Å²) in [5.74, 6) is -0.958. The molecule has 0 saturated carbocycles. The van der Waals surface area contributed by atoms with Crippen LogP contribution in [0.2, 0.25) is 10.0 Å². The number of nitrogens with zero attached hydrogens (tertiary/aromatic N) is 2. The fourth-order valence-corrected chi connectivity index (χ4v) is 5.65. The molecule has 0 aliphatic rings. The lowest BCUT2D eigenvalue weighted by atomic mass is 10.1. The highest BCUT2D eigenvalue weighted by molar-refractivity contribution is 7.92. The second kappa shape index (κ2) is 12.4. The lowest BCUT2D eigenvalue weighted by Gasteiger charge is -2.33. The Morgan fingerprint density at radius 1 is 0.949 bits per heavy atom. The Morgan fingerprint density at radius 3 is 2.18 bits per heavy atom. The molecule has 0 aliphatic carbocycles. The molecule has 0 fully saturated rings. The van der Waals surface area contributed by atoms with Crippen molar-refractivity contribution < 1.29 is 18.0 Å². The summed E-state index contributed by atoms with van der Waals surface area (Å²) in [4.78, 5) is 28.4. The zero-order chi connectivity index (χ0) is 29.0. The molecule has 3 rings (SSSR count). The fraction of sp³-hybridized carbons (Fsp3) is 0.310. The number of nitrogens with one attached hydrogen (secondary N) is 1. The standard InChI is InChI=1S/C29H33Cl2N3O4S/c1-20-13-15-25(16-14-20)39(37,38)34(24-11-8-10-23(30)17-24)19-27(35)33(18-22-9-6-7-12-26(22)31)21(2)28(36)32-29(3,4)5/h6-17,21H,18-19H2,1-5H3,(H,32,36)/t21-/m1/s1. The highest BCUT2D eigenvalue weighted by Gasteiger charge is 2.33. The first-order valence-electron chi connectivity index (χ1n) is 12.4. The van der Waals surface area contributed by atoms with Crippen LogP contribution in [0.1, 0.15) is 38.8 Å². The minimum Gasteiger partial charge on any atom is -0.350 e. The highest BCUT2D eigenvalue weighted by Crippen LogP contribution is 2.27. The highest BCUT2D eigenvalue weighted by atomic mass is 35.5. The molecule has 0 saturated heterocycles. The van der Waals surface area contributed by atoms with Crippen LogP contribution in [0.4, 0.5) is 5.69 Å². The van der Waals surface area contributed by atoms with Crippen LogP contribution >= 0.6 is 23.2 Å². The van der Waals surface area contributed by atoms with E-state index in [0.29, 0.717) is 15.6 Å². The van der Waals surface area contributed by atoms with Crippen LogP contribution < -0.4 is 9.62 Å². The Morgan fingerprint density at radius 2 is 1.59 bits per heavy atom. The number of carbonyl (C=O) groups is 2. The lowest BCUT2D eigenvalue weighted by molar-refractivity contribution is -0.140. The third-order valence-electron chi connectivity index (χ3n) is 5.95. The topological polar surface area (TPSA) is 86.8 Å². The molecule has 0 radical (unpaired) electrons. The van der Waals surface area contributed by atoms with Gasteiger partial charge in [-0.3, -0.25) is 13.9 Å². The Balaban J connectivity index is 2.05. The monoisotopic (exact) mass is 589 g/mol. The number of sulfonamides is 1. The molecule has 1 atom stereocenters. The molecule has 0 heterocycles. The number of hydrogen-bond acceptors (Lipinski definition) is 4. The summed E-state index contributed by atoms with van der Waals surface area (Å²) in [7, 11) is -4.17. The van der Waals surface area contributed by atoms with Crippen LogP contribution in [-0.2, 0) is 26.2 Å². The van der Waals surface area contributed by atoms with Crippen molar-refractivity contribution in [1.82, 2.24) is 10.2 Å². The van der Waals surface area contributed by atoms with Gasteiger partial charge < -0.3 is 10.2 Å². The first kappa shape index (κ1) is 30.5. The predicted molar refractivity (Wildman–Crippen MR) is 157 cm³/mol. The van der Waals surface area contributed by atoms with Gasteiger partial charge in [0.05, 0.1) is 10.6 Å². The maximum absolute atomic E-state index is 13.9. The van der Waals surface area contributed by atoms with E-state index in [4.69, 9.17) is 23.2 Å². The van der Waals surface area contributed by atoms with Crippen molar-refractivity contribution >= 4 is 50.7 Å². The zero-order valence-corrected chi connectivity index (χ0v) is 24.9. The zero-order valence-electron chi connectivity index (χ0n) is 22.6. The lowest BCUT2D eigenvalue weighted by Crippen LogP contribution is -2.54. The molecule has 0 aliphatic heterocycles. The summed E-state index contributed by atoms with van der Waals surface area (Å²) in [5.41, 5.74) is 1.20. The van der Waals surface area contributed by atoms with E-state index in [-0.39, 0.29) is 23.0 Å². The van der Waals surface area contributed by atoms with Crippen LogP contribution in [0.5, 0.6) is 0 Å². The molecule has 0 aromatic heterocycles. The number of hydrogen-bond donors (Lipinski definition) is 1. The van der Waals surface area contributed by atoms with E-state index in [0.717, 1.165) is 9.87 Å². The van der Waals surface area contributed by atoms with Crippen LogP contribution in [0.15, 0.2) is 77.7 Å². The molecule has 39 heavy (non-hydrogen) atoms. The van der Waals surface area contributed by atoms with E-state index in [1.807, 2.05) is 27.7 Å². The second-order valence-electron chi connectivity index (χ2n) is 10.3. The SMILES string of the molecule is Cc1ccc(S(=O)(=O)N(CC(=O)N(Cc2ccccc2Cl)[C@H](C)C(=O)NC(C)(C)C)c2cccc(Cl)c2)cc1. The largest absolute Gasteiger partial charge is 0.350 e. The molecule has 208 valence electrons. The summed E-state index contributed by atoms with van der Waals surface area (Å²) in [6.07, 6.45) is 0. The van der Waals surface area contributed by atoms with E-state index >= 15 is 0 Å². The van der Waals surface area contributed by atoms with Gasteiger partial charge in [0, 0.05) is 22.1 Å².